The van der Waals surface area contributed by atoms with Gasteiger partial charge in [0, 0.05) is 36.1 Å². The van der Waals surface area contributed by atoms with Crippen LogP contribution in [0.3, 0.4) is 0 Å². The fourth-order valence-electron chi connectivity index (χ4n) is 6.75. The van der Waals surface area contributed by atoms with Crippen LogP contribution in [0.2, 0.25) is 0 Å². The molecule has 240 valence electrons. The summed E-state index contributed by atoms with van der Waals surface area (Å²) in [5.74, 6) is -1.22. The van der Waals surface area contributed by atoms with Crippen LogP contribution in [0.4, 0.5) is 8.78 Å². The van der Waals surface area contributed by atoms with Gasteiger partial charge in [0.1, 0.15) is 17.8 Å². The number of piperidine rings is 1. The lowest BCUT2D eigenvalue weighted by Crippen LogP contribution is -2.57. The lowest BCUT2D eigenvalue weighted by atomic mass is 9.89. The van der Waals surface area contributed by atoms with Crippen molar-refractivity contribution in [2.75, 3.05) is 26.2 Å². The molecular weight excluding hydrogens is 607 g/mol. The predicted octanol–water partition coefficient (Wildman–Crippen LogP) is 3.07. The molecule has 0 radical (unpaired) electrons. The first-order valence-corrected chi connectivity index (χ1v) is 16.8. The van der Waals surface area contributed by atoms with Crippen LogP contribution in [0.15, 0.2) is 48.5 Å². The Labute approximate surface area is 258 Å². The molecule has 14 heteroatoms. The first-order valence-electron chi connectivity index (χ1n) is 15.2. The number of fused-ring (bicyclic) bond motifs is 2. The van der Waals surface area contributed by atoms with Crippen LogP contribution in [0.5, 0.6) is 0 Å². The Kier molecular flexibility index (Phi) is 8.55. The van der Waals surface area contributed by atoms with Crippen LogP contribution in [0.1, 0.15) is 52.9 Å². The van der Waals surface area contributed by atoms with E-state index in [9.17, 15) is 27.7 Å². The van der Waals surface area contributed by atoms with Crippen LogP contribution in [-0.2, 0) is 32.8 Å². The summed E-state index contributed by atoms with van der Waals surface area (Å²) in [5.41, 5.74) is -2.63. The van der Waals surface area contributed by atoms with Crippen LogP contribution >= 0.6 is 7.60 Å². The molecule has 0 spiro atoms. The number of likely N-dealkylation sites (tertiary alicyclic amines) is 1. The van der Waals surface area contributed by atoms with Gasteiger partial charge in [0.15, 0.2) is 0 Å². The number of aromatic amines is 1. The molecular formula is C31H36F2N5O6P. The second-order valence-corrected chi connectivity index (χ2v) is 13.7. The third-order valence-corrected chi connectivity index (χ3v) is 10.2. The molecule has 0 saturated carbocycles. The average molecular weight is 644 g/mol. The van der Waals surface area contributed by atoms with Crippen LogP contribution < -0.4 is 10.6 Å². The lowest BCUT2D eigenvalue weighted by molar-refractivity contribution is -0.146. The third kappa shape index (κ3) is 6.14. The Bertz CT molecular complexity index is 1670. The van der Waals surface area contributed by atoms with Crippen LogP contribution in [0, 0.1) is 5.92 Å². The number of carbonyl (C=O) groups is 3. The molecule has 3 aliphatic heterocycles. The number of alkyl halides is 2. The number of hydrogen-bond acceptors (Lipinski definition) is 5. The minimum atomic E-state index is -5.77. The van der Waals surface area contributed by atoms with Crippen LogP contribution in [-0.4, -0.2) is 80.6 Å². The van der Waals surface area contributed by atoms with Gasteiger partial charge in [-0.3, -0.25) is 18.9 Å². The maximum absolute atomic E-state index is 14.3. The molecule has 45 heavy (non-hydrogen) atoms. The van der Waals surface area contributed by atoms with Gasteiger partial charge in [-0.2, -0.15) is 8.78 Å². The number of halogens is 2. The third-order valence-electron chi connectivity index (χ3n) is 9.25. The summed E-state index contributed by atoms with van der Waals surface area (Å²) in [4.78, 5) is 66.0. The minimum Gasteiger partial charge on any atom is -0.351 e. The van der Waals surface area contributed by atoms with Gasteiger partial charge in [0.25, 0.3) is 5.91 Å². The van der Waals surface area contributed by atoms with Gasteiger partial charge in [-0.15, -0.1) is 0 Å². The fraction of sp³-hybridized carbons (Fsp3) is 0.452. The summed E-state index contributed by atoms with van der Waals surface area (Å²) < 4.78 is 40.0. The largest absolute Gasteiger partial charge is 0.399 e. The normalized spacial score (nSPS) is 20.2. The van der Waals surface area contributed by atoms with E-state index < -0.39 is 36.8 Å². The highest BCUT2D eigenvalue weighted by Crippen LogP contribution is 2.59. The molecule has 2 aromatic carbocycles. The second-order valence-electron chi connectivity index (χ2n) is 12.1. The second kappa shape index (κ2) is 12.3. The number of aromatic nitrogens is 1. The molecule has 2 fully saturated rings. The van der Waals surface area contributed by atoms with Gasteiger partial charge in [-0.1, -0.05) is 30.3 Å². The summed E-state index contributed by atoms with van der Waals surface area (Å²) in [5, 5.41) is 6.30. The number of rotatable bonds is 7. The molecule has 3 aliphatic rings. The number of benzene rings is 2. The van der Waals surface area contributed by atoms with E-state index in [4.69, 9.17) is 9.79 Å². The topological polar surface area (TPSA) is 155 Å². The van der Waals surface area contributed by atoms with Crippen molar-refractivity contribution < 1.29 is 37.5 Å². The quantitative estimate of drug-likeness (QED) is 0.248. The number of amides is 3. The van der Waals surface area contributed by atoms with Crippen LogP contribution in [0.25, 0.3) is 10.9 Å². The van der Waals surface area contributed by atoms with Crippen molar-refractivity contribution in [2.24, 2.45) is 5.92 Å². The maximum atomic E-state index is 14.3. The Hall–Kier alpha value is -3.64. The monoisotopic (exact) mass is 643 g/mol. The molecule has 4 heterocycles. The molecule has 5 N–H and O–H groups in total. The van der Waals surface area contributed by atoms with E-state index in [2.05, 4.69) is 21.7 Å². The molecule has 6 rings (SSSR count). The molecule has 11 nitrogen and oxygen atoms in total. The predicted molar refractivity (Wildman–Crippen MR) is 161 cm³/mol. The number of hydrogen-bond donors (Lipinski definition) is 5. The van der Waals surface area contributed by atoms with E-state index in [1.165, 1.54) is 17.7 Å². The smallest absolute Gasteiger partial charge is 0.351 e. The van der Waals surface area contributed by atoms with Gasteiger partial charge in [-0.25, -0.2) is 0 Å². The number of nitrogens with one attached hydrogen (secondary N) is 3. The average Bonchev–Trinajstić information content (AvgIpc) is 3.70. The summed E-state index contributed by atoms with van der Waals surface area (Å²) in [6.07, 6.45) is 3.24. The molecule has 1 aromatic heterocycles. The van der Waals surface area contributed by atoms with Gasteiger partial charge in [-0.05, 0) is 80.4 Å². The zero-order valence-corrected chi connectivity index (χ0v) is 25.4. The number of H-pyrrole nitrogens is 1. The molecule has 3 amide bonds. The highest BCUT2D eigenvalue weighted by Gasteiger charge is 2.50. The summed E-state index contributed by atoms with van der Waals surface area (Å²) in [6.45, 7) is 2.81. The Balaban J connectivity index is 1.22. The van der Waals surface area contributed by atoms with E-state index in [1.807, 2.05) is 23.1 Å². The Morgan fingerprint density at radius 2 is 1.73 bits per heavy atom. The van der Waals surface area contributed by atoms with Gasteiger partial charge in [0.2, 0.25) is 11.8 Å². The van der Waals surface area contributed by atoms with E-state index in [-0.39, 0.29) is 28.8 Å². The molecule has 0 aliphatic carbocycles. The summed E-state index contributed by atoms with van der Waals surface area (Å²) in [6, 6.07) is 10.9. The molecule has 2 atom stereocenters. The van der Waals surface area contributed by atoms with Gasteiger partial charge in [0.05, 0.1) is 0 Å². The minimum absolute atomic E-state index is 0.00871. The van der Waals surface area contributed by atoms with E-state index >= 15 is 0 Å². The Morgan fingerprint density at radius 1 is 1.00 bits per heavy atom. The van der Waals surface area contributed by atoms with Crippen molar-refractivity contribution in [1.82, 2.24) is 25.4 Å². The van der Waals surface area contributed by atoms with Crippen molar-refractivity contribution in [1.29, 1.82) is 0 Å². The van der Waals surface area contributed by atoms with Crippen molar-refractivity contribution in [3.05, 3.63) is 70.9 Å². The number of carbonyl (C=O) groups excluding carboxylic acids is 3. The van der Waals surface area contributed by atoms with Crippen molar-refractivity contribution >= 4 is 36.2 Å². The Morgan fingerprint density at radius 3 is 2.47 bits per heavy atom. The first kappa shape index (κ1) is 31.3. The molecule has 0 bridgehead atoms. The zero-order chi connectivity index (χ0) is 31.9. The van der Waals surface area contributed by atoms with E-state index in [0.29, 0.717) is 63.9 Å². The fourth-order valence-corrected chi connectivity index (χ4v) is 7.22. The van der Waals surface area contributed by atoms with E-state index in [1.54, 1.807) is 4.90 Å². The summed E-state index contributed by atoms with van der Waals surface area (Å²) in [7, 11) is -5.77. The first-order chi connectivity index (χ1) is 21.4. The maximum Gasteiger partial charge on any atom is 0.399 e. The molecule has 3 aromatic rings. The van der Waals surface area contributed by atoms with Gasteiger partial charge >= 0.3 is 13.3 Å². The standard InChI is InChI=1S/C31H36F2N5O6P/c32-31(33,45(42,43)44)23-7-8-24-22(16-23)17-25(35-24)28(39)36-27(20-9-12-34-13-10-20)30(41)38-14-3-6-26(38)29(40)37-15-11-19-4-1-2-5-21(19)18-37/h1-2,4-5,7-8,16-17,20,26-27,34-35H,3,6,9-15,18H2,(H,36,39)(H2,42,43,44). The van der Waals surface area contributed by atoms with Crippen molar-refractivity contribution in [3.63, 3.8) is 0 Å². The number of nitrogens with zero attached hydrogens (tertiary/aromatic N) is 2. The summed E-state index contributed by atoms with van der Waals surface area (Å²) >= 11 is 0. The SMILES string of the molecule is O=C(NC(C(=O)N1CCCC1C(=O)N1CCc2ccccc2C1)C1CCNCC1)c1cc2cc(C(F)(F)P(=O)(O)O)ccc2[nH]1. The van der Waals surface area contributed by atoms with Gasteiger partial charge < -0.3 is 35.2 Å². The highest BCUT2D eigenvalue weighted by atomic mass is 31.2. The molecule has 2 saturated heterocycles. The van der Waals surface area contributed by atoms with Crippen molar-refractivity contribution in [2.45, 2.75) is 56.4 Å². The van der Waals surface area contributed by atoms with E-state index in [0.717, 1.165) is 24.1 Å². The van der Waals surface area contributed by atoms with Crippen molar-refractivity contribution in [3.8, 4) is 0 Å². The highest BCUT2D eigenvalue weighted by molar-refractivity contribution is 7.52. The lowest BCUT2D eigenvalue weighted by Gasteiger charge is -2.37. The zero-order valence-electron chi connectivity index (χ0n) is 24.5. The molecule has 2 unspecified atom stereocenters.